The van der Waals surface area contributed by atoms with Crippen molar-refractivity contribution in [3.63, 3.8) is 0 Å². The smallest absolute Gasteiger partial charge is 0.407 e. The summed E-state index contributed by atoms with van der Waals surface area (Å²) in [4.78, 5) is 52.6. The zero-order valence-electron chi connectivity index (χ0n) is 42.5. The van der Waals surface area contributed by atoms with Crippen LogP contribution in [0.5, 0.6) is 0 Å². The number of carboxylic acid groups (broad SMARTS) is 1. The van der Waals surface area contributed by atoms with Crippen molar-refractivity contribution >= 4 is 110 Å². The number of alkyl halides is 1. The number of carboxylic acids is 1. The predicted octanol–water partition coefficient (Wildman–Crippen LogP) is 16.4. The Morgan fingerprint density at radius 2 is 0.873 bits per heavy atom. The molecule has 0 aliphatic heterocycles. The van der Waals surface area contributed by atoms with Gasteiger partial charge >= 0.3 is 18.2 Å². The number of nitrogens with one attached hydrogen (secondary N) is 2. The van der Waals surface area contributed by atoms with Crippen LogP contribution in [-0.4, -0.2) is 68.5 Å². The monoisotopic (exact) mass is 1400 g/mol. The third-order valence-electron chi connectivity index (χ3n) is 12.0. The summed E-state index contributed by atoms with van der Waals surface area (Å²) in [6.07, 6.45) is 6.70. The van der Waals surface area contributed by atoms with Gasteiger partial charge in [0.2, 0.25) is 0 Å². The van der Waals surface area contributed by atoms with Crippen LogP contribution in [0.25, 0.3) is 22.3 Å². The van der Waals surface area contributed by atoms with Crippen LogP contribution in [0, 0.1) is 6.92 Å². The minimum atomic E-state index is -1.13. The second-order valence-corrected chi connectivity index (χ2v) is 21.2. The van der Waals surface area contributed by atoms with Crippen LogP contribution in [-0.2, 0) is 32.4 Å². The highest BCUT2D eigenvalue weighted by Gasteiger charge is 2.31. The molecule has 18 heteroatoms. The van der Waals surface area contributed by atoms with Gasteiger partial charge in [-0.1, -0.05) is 145 Å². The third-order valence-corrected chi connectivity index (χ3v) is 14.5. The fraction of sp³-hybridized carbons (Fsp3) is 0.197. The first-order valence-corrected chi connectivity index (χ1v) is 28.5. The van der Waals surface area contributed by atoms with E-state index < -0.39 is 18.1 Å². The first-order chi connectivity index (χ1) is 37.3. The Morgan fingerprint density at radius 1 is 0.532 bits per heavy atom. The summed E-state index contributed by atoms with van der Waals surface area (Å²) in [7, 11) is 0. The molecule has 0 spiro atoms. The van der Waals surface area contributed by atoms with Gasteiger partial charge in [-0.25, -0.2) is 34.3 Å². The molecule has 10 rings (SSSR count). The second-order valence-electron chi connectivity index (χ2n) is 17.4. The number of benzene rings is 4. The second kappa shape index (κ2) is 33.5. The molecular formula is C61H60Br5ClN6O6. The molecule has 2 amide bonds. The predicted molar refractivity (Wildman–Crippen MR) is 335 cm³/mol. The Labute approximate surface area is 510 Å². The SMILES string of the molecule is BrCc1ccc(Br)nc1.C.C=C.C[C@H](Cc1ccc(Br)nc1)NC(=O)OCC1c2ccccc2-c2ccccc21.Cc1ccc(Br)nc1.Cl.O=C(N[C@@H](Cc1ccc(Br)nc1)C(=O)O)OCC1c2ccccc2-c2ccccc21. The van der Waals surface area contributed by atoms with Gasteiger partial charge in [-0.2, -0.15) is 0 Å². The number of aryl methyl sites for hydroxylation is 1. The number of ether oxygens (including phenoxy) is 2. The molecule has 4 aromatic carbocycles. The summed E-state index contributed by atoms with van der Waals surface area (Å²) in [6.45, 7) is 10.4. The number of aromatic nitrogens is 4. The van der Waals surface area contributed by atoms with Crippen molar-refractivity contribution in [1.29, 1.82) is 0 Å². The largest absolute Gasteiger partial charge is 0.480 e. The van der Waals surface area contributed by atoms with Crippen LogP contribution in [0.3, 0.4) is 0 Å². The van der Waals surface area contributed by atoms with Crippen molar-refractivity contribution in [1.82, 2.24) is 30.6 Å². The van der Waals surface area contributed by atoms with Gasteiger partial charge < -0.3 is 25.2 Å². The fourth-order valence-electron chi connectivity index (χ4n) is 8.45. The minimum Gasteiger partial charge on any atom is -0.480 e. The lowest BCUT2D eigenvalue weighted by atomic mass is 9.98. The molecule has 0 radical (unpaired) electrons. The highest BCUT2D eigenvalue weighted by atomic mass is 79.9. The number of carbonyl (C=O) groups is 3. The molecule has 0 unspecified atom stereocenters. The lowest BCUT2D eigenvalue weighted by Crippen LogP contribution is -2.42. The van der Waals surface area contributed by atoms with Gasteiger partial charge in [0.1, 0.15) is 37.7 Å². The highest BCUT2D eigenvalue weighted by molar-refractivity contribution is 9.11. The van der Waals surface area contributed by atoms with E-state index in [1.807, 2.05) is 123 Å². The summed E-state index contributed by atoms with van der Waals surface area (Å²) in [5, 5.41) is 15.7. The van der Waals surface area contributed by atoms with Crippen molar-refractivity contribution in [2.75, 3.05) is 13.2 Å². The first-order valence-electron chi connectivity index (χ1n) is 24.2. The summed E-state index contributed by atoms with van der Waals surface area (Å²) in [5.41, 5.74) is 13.5. The Hall–Kier alpha value is -6.08. The number of aliphatic carboxylic acids is 1. The number of pyridine rings is 4. The number of halogens is 6. The lowest BCUT2D eigenvalue weighted by Gasteiger charge is -2.17. The summed E-state index contributed by atoms with van der Waals surface area (Å²) in [5.74, 6) is -1.14. The maximum Gasteiger partial charge on any atom is 0.407 e. The van der Waals surface area contributed by atoms with Crippen LogP contribution in [0.15, 0.2) is 202 Å². The van der Waals surface area contributed by atoms with Gasteiger partial charge in [-0.3, -0.25) is 0 Å². The fourth-order valence-corrected chi connectivity index (χ4v) is 9.72. The van der Waals surface area contributed by atoms with Crippen LogP contribution in [0.4, 0.5) is 9.59 Å². The summed E-state index contributed by atoms with van der Waals surface area (Å²) < 4.78 is 14.3. The molecule has 12 nitrogen and oxygen atoms in total. The highest BCUT2D eigenvalue weighted by Crippen LogP contribution is 2.45. The maximum absolute atomic E-state index is 12.4. The average molecular weight is 1410 g/mol. The number of alkyl carbamates (subject to hydrolysis) is 2. The molecule has 2 atom stereocenters. The average Bonchev–Trinajstić information content (AvgIpc) is 4.21. The van der Waals surface area contributed by atoms with Crippen LogP contribution in [0.1, 0.15) is 70.7 Å². The van der Waals surface area contributed by atoms with Crippen molar-refractivity contribution < 1.29 is 29.0 Å². The van der Waals surface area contributed by atoms with E-state index >= 15 is 0 Å². The van der Waals surface area contributed by atoms with Crippen molar-refractivity contribution in [2.45, 2.75) is 63.4 Å². The molecule has 412 valence electrons. The van der Waals surface area contributed by atoms with Crippen LogP contribution < -0.4 is 10.6 Å². The molecule has 0 fully saturated rings. The summed E-state index contributed by atoms with van der Waals surface area (Å²) in [6, 6.07) is 46.8. The van der Waals surface area contributed by atoms with E-state index in [4.69, 9.17) is 9.47 Å². The van der Waals surface area contributed by atoms with Gasteiger partial charge in [0, 0.05) is 54.4 Å². The van der Waals surface area contributed by atoms with E-state index in [-0.39, 0.29) is 56.8 Å². The van der Waals surface area contributed by atoms with Crippen LogP contribution in [0.2, 0.25) is 0 Å². The zero-order chi connectivity index (χ0) is 55.3. The number of carbonyl (C=O) groups excluding carboxylic acids is 2. The van der Waals surface area contributed by atoms with Crippen molar-refractivity contribution in [2.24, 2.45) is 0 Å². The number of hydrogen-bond acceptors (Lipinski definition) is 9. The molecule has 0 saturated carbocycles. The van der Waals surface area contributed by atoms with E-state index in [0.717, 1.165) is 47.0 Å². The number of amides is 2. The zero-order valence-corrected chi connectivity index (χ0v) is 51.2. The van der Waals surface area contributed by atoms with Crippen LogP contribution >= 0.6 is 92.1 Å². The minimum absolute atomic E-state index is 0. The number of nitrogens with zero attached hydrogens (tertiary/aromatic N) is 4. The van der Waals surface area contributed by atoms with Gasteiger partial charge in [-0.15, -0.1) is 25.6 Å². The van der Waals surface area contributed by atoms with Gasteiger partial charge in [0.15, 0.2) is 0 Å². The van der Waals surface area contributed by atoms with E-state index in [1.54, 1.807) is 24.5 Å². The van der Waals surface area contributed by atoms with Crippen molar-refractivity contribution in [3.8, 4) is 22.3 Å². The molecule has 2 aliphatic carbocycles. The molecule has 3 N–H and O–H groups in total. The topological polar surface area (TPSA) is 166 Å². The Balaban J connectivity index is 0.000000252. The van der Waals surface area contributed by atoms with E-state index in [1.165, 1.54) is 33.4 Å². The van der Waals surface area contributed by atoms with E-state index in [9.17, 15) is 19.5 Å². The molecule has 4 aromatic heterocycles. The summed E-state index contributed by atoms with van der Waals surface area (Å²) >= 11 is 16.4. The maximum atomic E-state index is 12.4. The molecule has 0 saturated heterocycles. The molecule has 2 aliphatic rings. The molecule has 8 aromatic rings. The molecule has 0 bridgehead atoms. The molecule has 4 heterocycles. The van der Waals surface area contributed by atoms with Gasteiger partial charge in [-0.05, 0) is 175 Å². The van der Waals surface area contributed by atoms with E-state index in [0.29, 0.717) is 23.2 Å². The van der Waals surface area contributed by atoms with Gasteiger partial charge in [0.25, 0.3) is 0 Å². The third kappa shape index (κ3) is 19.6. The standard InChI is InChI=1S/C23H19BrN2O4.C23H21BrN2O2.C6H5Br2N.C6H6BrN.C2H4.CH4.ClH/c24-21-10-9-14(12-25-21)11-20(22(27)28)26-23(29)30-13-19-17-7-3-1-5-15(17)16-6-2-4-8-18(16)19;1-15(12-16-10-11-22(24)25-13-16)26-23(27)28-14-21-19-8-4-2-6-17(19)18-7-3-5-9-20(18)21;7-3-5-1-2-6(8)9-4-5;1-5-2-3-6(7)8-4-5;1-2;;/h1-10,12,19-20H,11,13H2,(H,26,29)(H,27,28);2-11,13,15,21H,12,14H2,1H3,(H,26,27);1-2,4H,3H2;2-4H,1H3;1-2H2;1H4;1H/t20-;15-;;;;;/m01...../s1. The normalized spacial score (nSPS) is 11.9. The Bertz CT molecular complexity index is 3080. The Kier molecular flexibility index (Phi) is 27.7. The quantitative estimate of drug-likeness (QED) is 0.0609. The number of fused-ring (bicyclic) bond motifs is 6. The molecular weight excluding hydrogens is 1350 g/mol. The Morgan fingerprint density at radius 3 is 1.20 bits per heavy atom. The number of hydrogen-bond donors (Lipinski definition) is 3. The lowest BCUT2D eigenvalue weighted by molar-refractivity contribution is -0.139. The van der Waals surface area contributed by atoms with Gasteiger partial charge in [0.05, 0.1) is 0 Å². The number of rotatable bonds is 12. The van der Waals surface area contributed by atoms with Crippen molar-refractivity contribution in [3.05, 3.63) is 246 Å². The first kappa shape index (κ1) is 65.4. The molecule has 79 heavy (non-hydrogen) atoms. The van der Waals surface area contributed by atoms with E-state index in [2.05, 4.69) is 160 Å².